The van der Waals surface area contributed by atoms with Gasteiger partial charge in [0, 0.05) is 43.3 Å². The maximum absolute atomic E-state index is 12.7. The molecule has 4 rings (SSSR count). The Hall–Kier alpha value is -1.75. The fourth-order valence-corrected chi connectivity index (χ4v) is 4.42. The molecule has 1 saturated carbocycles. The van der Waals surface area contributed by atoms with Crippen molar-refractivity contribution in [3.8, 4) is 0 Å². The second kappa shape index (κ2) is 6.87. The lowest BCUT2D eigenvalue weighted by Crippen LogP contribution is -2.51. The van der Waals surface area contributed by atoms with E-state index in [0.29, 0.717) is 25.7 Å². The average Bonchev–Trinajstić information content (AvgIpc) is 2.88. The summed E-state index contributed by atoms with van der Waals surface area (Å²) in [5.41, 5.74) is 2.96. The lowest BCUT2D eigenvalue weighted by Gasteiger charge is -2.42. The molecule has 1 aromatic rings. The minimum atomic E-state index is 0.0658. The number of nitrogens with one attached hydrogen (secondary N) is 1. The molecule has 1 saturated heterocycles. The number of rotatable bonds is 3. The molecule has 2 aliphatic heterocycles. The minimum Gasteiger partial charge on any atom is -0.379 e. The Balaban J connectivity index is 1.32. The summed E-state index contributed by atoms with van der Waals surface area (Å²) in [5.74, 6) is 0. The fraction of sp³-hybridized carbons (Fsp3) is 0.650. The van der Waals surface area contributed by atoms with Gasteiger partial charge in [-0.2, -0.15) is 0 Å². The van der Waals surface area contributed by atoms with Gasteiger partial charge < -0.3 is 19.9 Å². The molecule has 1 spiro atoms. The van der Waals surface area contributed by atoms with E-state index in [0.717, 1.165) is 26.1 Å². The number of anilines is 1. The van der Waals surface area contributed by atoms with Crippen LogP contribution in [0.3, 0.4) is 0 Å². The van der Waals surface area contributed by atoms with Crippen molar-refractivity contribution in [3.05, 3.63) is 29.8 Å². The third-order valence-corrected chi connectivity index (χ3v) is 6.15. The van der Waals surface area contributed by atoms with Crippen molar-refractivity contribution in [1.82, 2.24) is 10.2 Å². The van der Waals surface area contributed by atoms with Crippen molar-refractivity contribution in [3.63, 3.8) is 0 Å². The van der Waals surface area contributed by atoms with Gasteiger partial charge in [0.2, 0.25) is 0 Å². The summed E-state index contributed by atoms with van der Waals surface area (Å²) in [6.07, 6.45) is 4.75. The van der Waals surface area contributed by atoms with E-state index in [-0.39, 0.29) is 11.4 Å². The Bertz CT molecular complexity index is 629. The number of fused-ring (bicyclic) bond motifs is 1. The predicted molar refractivity (Wildman–Crippen MR) is 99.0 cm³/mol. The molecule has 3 aliphatic rings. The summed E-state index contributed by atoms with van der Waals surface area (Å²) in [6.45, 7) is 6.94. The van der Waals surface area contributed by atoms with Crippen LogP contribution in [0.1, 0.15) is 31.7 Å². The molecule has 0 radical (unpaired) electrons. The molecule has 2 heterocycles. The predicted octanol–water partition coefficient (Wildman–Crippen LogP) is 2.65. The zero-order chi connectivity index (χ0) is 17.3. The van der Waals surface area contributed by atoms with Crippen molar-refractivity contribution in [2.24, 2.45) is 5.41 Å². The van der Waals surface area contributed by atoms with Crippen LogP contribution in [-0.2, 0) is 11.2 Å². The largest absolute Gasteiger partial charge is 0.379 e. The van der Waals surface area contributed by atoms with E-state index < -0.39 is 0 Å². The number of amides is 2. The van der Waals surface area contributed by atoms with Gasteiger partial charge in [-0.05, 0) is 37.8 Å². The molecule has 5 heteroatoms. The second-order valence-electron chi connectivity index (χ2n) is 7.93. The molecule has 2 amide bonds. The van der Waals surface area contributed by atoms with Crippen LogP contribution in [0.5, 0.6) is 0 Å². The van der Waals surface area contributed by atoms with Gasteiger partial charge in [0.05, 0.1) is 13.2 Å². The van der Waals surface area contributed by atoms with Crippen LogP contribution in [0.15, 0.2) is 24.3 Å². The number of hydrogen-bond donors (Lipinski definition) is 1. The number of ether oxygens (including phenoxy) is 1. The normalized spacial score (nSPS) is 22.9. The van der Waals surface area contributed by atoms with E-state index in [9.17, 15) is 4.79 Å². The van der Waals surface area contributed by atoms with Gasteiger partial charge >= 0.3 is 6.03 Å². The second-order valence-corrected chi connectivity index (χ2v) is 7.93. The summed E-state index contributed by atoms with van der Waals surface area (Å²) < 4.78 is 5.75. The van der Waals surface area contributed by atoms with Gasteiger partial charge in [0.1, 0.15) is 0 Å². The van der Waals surface area contributed by atoms with Crippen LogP contribution in [0.4, 0.5) is 10.5 Å². The fourth-order valence-electron chi connectivity index (χ4n) is 4.42. The van der Waals surface area contributed by atoms with Crippen molar-refractivity contribution >= 4 is 11.7 Å². The third-order valence-electron chi connectivity index (χ3n) is 6.15. The first-order chi connectivity index (χ1) is 12.2. The molecule has 0 bridgehead atoms. The van der Waals surface area contributed by atoms with Crippen LogP contribution in [-0.4, -0.2) is 56.4 Å². The lowest BCUT2D eigenvalue weighted by atomic mass is 9.69. The number of nitrogens with zero attached hydrogens (tertiary/aromatic N) is 2. The van der Waals surface area contributed by atoms with Crippen LogP contribution in [0, 0.1) is 5.41 Å². The Morgan fingerprint density at radius 2 is 2.16 bits per heavy atom. The van der Waals surface area contributed by atoms with Crippen molar-refractivity contribution < 1.29 is 9.53 Å². The van der Waals surface area contributed by atoms with Gasteiger partial charge in [-0.1, -0.05) is 24.6 Å². The molecule has 1 aliphatic carbocycles. The maximum Gasteiger partial charge on any atom is 0.317 e. The zero-order valence-corrected chi connectivity index (χ0v) is 15.2. The molecule has 1 unspecified atom stereocenters. The first-order valence-corrected chi connectivity index (χ1v) is 9.62. The molecule has 1 N–H and O–H groups in total. The van der Waals surface area contributed by atoms with E-state index in [2.05, 4.69) is 41.4 Å². The number of para-hydroxylation sites is 1. The van der Waals surface area contributed by atoms with E-state index in [1.165, 1.54) is 30.5 Å². The average molecular weight is 343 g/mol. The van der Waals surface area contributed by atoms with Crippen molar-refractivity contribution in [1.29, 1.82) is 0 Å². The summed E-state index contributed by atoms with van der Waals surface area (Å²) in [4.78, 5) is 17.1. The standard InChI is InChI=1S/C20H29N3O2/c1-16(23-10-7-17-5-2-3-6-18(17)23)13-21-19(24)22-11-12-25-15-20(14-22)8-4-9-20/h2-3,5-6,16H,4,7-15H2,1H3,(H,21,24). The molecule has 25 heavy (non-hydrogen) atoms. The van der Waals surface area contributed by atoms with Gasteiger partial charge in [0.25, 0.3) is 0 Å². The highest BCUT2D eigenvalue weighted by atomic mass is 16.5. The summed E-state index contributed by atoms with van der Waals surface area (Å²) in [7, 11) is 0. The molecule has 1 atom stereocenters. The summed E-state index contributed by atoms with van der Waals surface area (Å²) >= 11 is 0. The highest BCUT2D eigenvalue weighted by molar-refractivity contribution is 5.74. The van der Waals surface area contributed by atoms with E-state index in [4.69, 9.17) is 4.74 Å². The van der Waals surface area contributed by atoms with Crippen molar-refractivity contribution in [2.75, 3.05) is 44.3 Å². The Labute approximate surface area is 150 Å². The SMILES string of the molecule is CC(CNC(=O)N1CCOCC2(CCC2)C1)N1CCc2ccccc21. The van der Waals surface area contributed by atoms with Crippen LogP contribution in [0.25, 0.3) is 0 Å². The first kappa shape index (κ1) is 16.7. The van der Waals surface area contributed by atoms with Gasteiger partial charge in [-0.25, -0.2) is 4.79 Å². The molecule has 5 nitrogen and oxygen atoms in total. The number of carbonyl (C=O) groups excluding carboxylic acids is 1. The van der Waals surface area contributed by atoms with E-state index in [1.54, 1.807) is 0 Å². The number of hydrogen-bond acceptors (Lipinski definition) is 3. The van der Waals surface area contributed by atoms with Crippen LogP contribution >= 0.6 is 0 Å². The molecule has 0 aromatic heterocycles. The number of carbonyl (C=O) groups is 1. The number of benzene rings is 1. The van der Waals surface area contributed by atoms with Gasteiger partial charge in [-0.3, -0.25) is 0 Å². The van der Waals surface area contributed by atoms with E-state index in [1.807, 2.05) is 4.90 Å². The zero-order valence-electron chi connectivity index (χ0n) is 15.2. The van der Waals surface area contributed by atoms with Crippen LogP contribution in [0.2, 0.25) is 0 Å². The smallest absolute Gasteiger partial charge is 0.317 e. The molecule has 1 aromatic carbocycles. The summed E-state index contributed by atoms with van der Waals surface area (Å²) in [5, 5.41) is 3.16. The quantitative estimate of drug-likeness (QED) is 0.918. The molecular formula is C20H29N3O2. The van der Waals surface area contributed by atoms with E-state index >= 15 is 0 Å². The molecule has 2 fully saturated rings. The maximum atomic E-state index is 12.7. The highest BCUT2D eigenvalue weighted by Crippen LogP contribution is 2.42. The molecule has 136 valence electrons. The van der Waals surface area contributed by atoms with Gasteiger partial charge in [-0.15, -0.1) is 0 Å². The monoisotopic (exact) mass is 343 g/mol. The Kier molecular flexibility index (Phi) is 4.59. The summed E-state index contributed by atoms with van der Waals surface area (Å²) in [6, 6.07) is 8.96. The number of urea groups is 1. The van der Waals surface area contributed by atoms with Crippen molar-refractivity contribution in [2.45, 2.75) is 38.6 Å². The highest BCUT2D eigenvalue weighted by Gasteiger charge is 2.41. The topological polar surface area (TPSA) is 44.8 Å². The molecular weight excluding hydrogens is 314 g/mol. The van der Waals surface area contributed by atoms with Gasteiger partial charge in [0.15, 0.2) is 0 Å². The Morgan fingerprint density at radius 1 is 1.32 bits per heavy atom. The lowest BCUT2D eigenvalue weighted by molar-refractivity contribution is 0.0126. The minimum absolute atomic E-state index is 0.0658. The Morgan fingerprint density at radius 3 is 2.96 bits per heavy atom. The first-order valence-electron chi connectivity index (χ1n) is 9.62. The van der Waals surface area contributed by atoms with Crippen LogP contribution < -0.4 is 10.2 Å². The third kappa shape index (κ3) is 3.34.